The zero-order valence-electron chi connectivity index (χ0n) is 15.0. The summed E-state index contributed by atoms with van der Waals surface area (Å²) in [6.45, 7) is 6.91. The molecule has 0 aromatic heterocycles. The summed E-state index contributed by atoms with van der Waals surface area (Å²) >= 11 is 0. The Morgan fingerprint density at radius 3 is 2.54 bits per heavy atom. The summed E-state index contributed by atoms with van der Waals surface area (Å²) in [7, 11) is 1.53. The van der Waals surface area contributed by atoms with Crippen LogP contribution in [-0.2, 0) is 4.79 Å². The first-order valence-corrected chi connectivity index (χ1v) is 8.42. The standard InChI is InChI=1S/C18H28N2O4/c1-5-7-11-24-15-9-8-14(12-16(15)23-4)18(22)20-13(3)17(21)19-10-6-2/h8-9,12-13H,5-7,10-11H2,1-4H3,(H,19,21)(H,20,22)/t13-/m1/s1. The second kappa shape index (κ2) is 10.5. The van der Waals surface area contributed by atoms with Crippen molar-refractivity contribution in [2.45, 2.75) is 46.1 Å². The second-order valence-corrected chi connectivity index (χ2v) is 5.55. The van der Waals surface area contributed by atoms with Gasteiger partial charge in [-0.15, -0.1) is 0 Å². The van der Waals surface area contributed by atoms with Crippen molar-refractivity contribution in [1.82, 2.24) is 10.6 Å². The smallest absolute Gasteiger partial charge is 0.252 e. The third kappa shape index (κ3) is 6.10. The van der Waals surface area contributed by atoms with E-state index in [1.165, 1.54) is 7.11 Å². The topological polar surface area (TPSA) is 76.7 Å². The summed E-state index contributed by atoms with van der Waals surface area (Å²) < 4.78 is 10.9. The average Bonchev–Trinajstić information content (AvgIpc) is 2.59. The Bertz CT molecular complexity index is 546. The van der Waals surface area contributed by atoms with Gasteiger partial charge in [0.1, 0.15) is 6.04 Å². The van der Waals surface area contributed by atoms with E-state index in [-0.39, 0.29) is 11.8 Å². The van der Waals surface area contributed by atoms with Gasteiger partial charge in [0.25, 0.3) is 5.91 Å². The zero-order valence-corrected chi connectivity index (χ0v) is 15.0. The van der Waals surface area contributed by atoms with Crippen molar-refractivity contribution in [2.75, 3.05) is 20.3 Å². The molecule has 0 spiro atoms. The minimum atomic E-state index is -0.601. The van der Waals surface area contributed by atoms with Crippen LogP contribution in [0.1, 0.15) is 50.4 Å². The van der Waals surface area contributed by atoms with Gasteiger partial charge in [-0.3, -0.25) is 9.59 Å². The predicted molar refractivity (Wildman–Crippen MR) is 93.6 cm³/mol. The highest BCUT2D eigenvalue weighted by molar-refractivity contribution is 5.97. The minimum absolute atomic E-state index is 0.198. The molecule has 0 aliphatic heterocycles. The summed E-state index contributed by atoms with van der Waals surface area (Å²) in [5.74, 6) is 0.585. The van der Waals surface area contributed by atoms with Crippen molar-refractivity contribution < 1.29 is 19.1 Å². The molecular weight excluding hydrogens is 308 g/mol. The van der Waals surface area contributed by atoms with Crippen LogP contribution in [0.2, 0.25) is 0 Å². The van der Waals surface area contributed by atoms with Crippen LogP contribution in [0.25, 0.3) is 0 Å². The van der Waals surface area contributed by atoms with Gasteiger partial charge < -0.3 is 20.1 Å². The summed E-state index contributed by atoms with van der Waals surface area (Å²) in [6, 6.07) is 4.39. The molecular formula is C18H28N2O4. The van der Waals surface area contributed by atoms with Gasteiger partial charge in [0.2, 0.25) is 5.91 Å². The van der Waals surface area contributed by atoms with Crippen molar-refractivity contribution in [1.29, 1.82) is 0 Å². The van der Waals surface area contributed by atoms with E-state index in [4.69, 9.17) is 9.47 Å². The molecule has 0 unspecified atom stereocenters. The molecule has 1 aromatic rings. The molecule has 2 N–H and O–H groups in total. The number of ether oxygens (including phenoxy) is 2. The van der Waals surface area contributed by atoms with E-state index < -0.39 is 6.04 Å². The summed E-state index contributed by atoms with van der Waals surface area (Å²) in [5.41, 5.74) is 0.421. The highest BCUT2D eigenvalue weighted by atomic mass is 16.5. The van der Waals surface area contributed by atoms with E-state index >= 15 is 0 Å². The molecule has 2 amide bonds. The van der Waals surface area contributed by atoms with E-state index in [2.05, 4.69) is 17.6 Å². The zero-order chi connectivity index (χ0) is 17.9. The number of benzene rings is 1. The van der Waals surface area contributed by atoms with E-state index in [9.17, 15) is 9.59 Å². The molecule has 0 aliphatic rings. The first kappa shape index (κ1) is 19.8. The first-order chi connectivity index (χ1) is 11.5. The fraction of sp³-hybridized carbons (Fsp3) is 0.556. The average molecular weight is 336 g/mol. The van der Waals surface area contributed by atoms with Crippen molar-refractivity contribution in [2.24, 2.45) is 0 Å². The molecule has 0 aliphatic carbocycles. The summed E-state index contributed by atoms with van der Waals surface area (Å²) in [5, 5.41) is 5.43. The molecule has 6 heteroatoms. The Balaban J connectivity index is 2.71. The number of rotatable bonds is 10. The molecule has 24 heavy (non-hydrogen) atoms. The largest absolute Gasteiger partial charge is 0.493 e. The monoisotopic (exact) mass is 336 g/mol. The number of hydrogen-bond acceptors (Lipinski definition) is 4. The maximum atomic E-state index is 12.3. The van der Waals surface area contributed by atoms with Crippen molar-refractivity contribution in [3.63, 3.8) is 0 Å². The van der Waals surface area contributed by atoms with Gasteiger partial charge in [-0.2, -0.15) is 0 Å². The van der Waals surface area contributed by atoms with Crippen LogP contribution in [0.15, 0.2) is 18.2 Å². The van der Waals surface area contributed by atoms with Crippen molar-refractivity contribution in [3.05, 3.63) is 23.8 Å². The molecule has 0 heterocycles. The predicted octanol–water partition coefficient (Wildman–Crippen LogP) is 2.52. The molecule has 6 nitrogen and oxygen atoms in total. The second-order valence-electron chi connectivity index (χ2n) is 5.55. The van der Waals surface area contributed by atoms with E-state index in [1.54, 1.807) is 25.1 Å². The van der Waals surface area contributed by atoms with Crippen LogP contribution in [0.5, 0.6) is 11.5 Å². The molecule has 0 bridgehead atoms. The van der Waals surface area contributed by atoms with Crippen LogP contribution in [0.3, 0.4) is 0 Å². The number of methoxy groups -OCH3 is 1. The third-order valence-corrected chi connectivity index (χ3v) is 3.47. The lowest BCUT2D eigenvalue weighted by atomic mass is 10.1. The van der Waals surface area contributed by atoms with Crippen LogP contribution >= 0.6 is 0 Å². The van der Waals surface area contributed by atoms with Crippen molar-refractivity contribution >= 4 is 11.8 Å². The van der Waals surface area contributed by atoms with E-state index in [0.29, 0.717) is 30.2 Å². The summed E-state index contributed by atoms with van der Waals surface area (Å²) in [6.07, 6.45) is 2.85. The number of carbonyl (C=O) groups is 2. The normalized spacial score (nSPS) is 11.5. The fourth-order valence-electron chi connectivity index (χ4n) is 2.00. The number of amides is 2. The lowest BCUT2D eigenvalue weighted by Crippen LogP contribution is -2.45. The third-order valence-electron chi connectivity index (χ3n) is 3.47. The van der Waals surface area contributed by atoms with Crippen LogP contribution in [0.4, 0.5) is 0 Å². The fourth-order valence-corrected chi connectivity index (χ4v) is 2.00. The Hall–Kier alpha value is -2.24. The molecule has 0 radical (unpaired) electrons. The molecule has 0 fully saturated rings. The molecule has 0 saturated heterocycles. The Labute approximate surface area is 143 Å². The van der Waals surface area contributed by atoms with E-state index in [0.717, 1.165) is 19.3 Å². The van der Waals surface area contributed by atoms with Gasteiger partial charge in [-0.25, -0.2) is 0 Å². The van der Waals surface area contributed by atoms with Crippen LogP contribution in [0, 0.1) is 0 Å². The highest BCUT2D eigenvalue weighted by Crippen LogP contribution is 2.28. The molecule has 134 valence electrons. The van der Waals surface area contributed by atoms with Gasteiger partial charge in [0.05, 0.1) is 13.7 Å². The molecule has 0 saturated carbocycles. The van der Waals surface area contributed by atoms with Gasteiger partial charge in [0, 0.05) is 12.1 Å². The van der Waals surface area contributed by atoms with Gasteiger partial charge in [-0.05, 0) is 38.0 Å². The maximum Gasteiger partial charge on any atom is 0.252 e. The van der Waals surface area contributed by atoms with Gasteiger partial charge >= 0.3 is 0 Å². The SMILES string of the molecule is CCCCOc1ccc(C(=O)N[C@H](C)C(=O)NCCC)cc1OC. The minimum Gasteiger partial charge on any atom is -0.493 e. The number of unbranched alkanes of at least 4 members (excludes halogenated alkanes) is 1. The van der Waals surface area contributed by atoms with Crippen molar-refractivity contribution in [3.8, 4) is 11.5 Å². The molecule has 1 atom stereocenters. The number of carbonyl (C=O) groups excluding carboxylic acids is 2. The highest BCUT2D eigenvalue weighted by Gasteiger charge is 2.17. The maximum absolute atomic E-state index is 12.3. The summed E-state index contributed by atoms with van der Waals surface area (Å²) in [4.78, 5) is 24.1. The Morgan fingerprint density at radius 2 is 1.92 bits per heavy atom. The van der Waals surface area contributed by atoms with Crippen LogP contribution in [-0.4, -0.2) is 38.1 Å². The quantitative estimate of drug-likeness (QED) is 0.644. The molecule has 1 aromatic carbocycles. The van der Waals surface area contributed by atoms with Gasteiger partial charge in [0.15, 0.2) is 11.5 Å². The Kier molecular flexibility index (Phi) is 8.68. The lowest BCUT2D eigenvalue weighted by Gasteiger charge is -2.15. The Morgan fingerprint density at radius 1 is 1.17 bits per heavy atom. The number of nitrogens with one attached hydrogen (secondary N) is 2. The van der Waals surface area contributed by atoms with E-state index in [1.807, 2.05) is 6.92 Å². The first-order valence-electron chi connectivity index (χ1n) is 8.42. The molecule has 1 rings (SSSR count). The number of hydrogen-bond donors (Lipinski definition) is 2. The van der Waals surface area contributed by atoms with Crippen LogP contribution < -0.4 is 20.1 Å². The van der Waals surface area contributed by atoms with Gasteiger partial charge in [-0.1, -0.05) is 20.3 Å². The lowest BCUT2D eigenvalue weighted by molar-refractivity contribution is -0.122.